The second-order valence-electron chi connectivity index (χ2n) is 4.12. The highest BCUT2D eigenvalue weighted by Gasteiger charge is 2.06. The molecule has 0 aliphatic carbocycles. The number of benzene rings is 1. The van der Waals surface area contributed by atoms with Crippen molar-refractivity contribution in [2.75, 3.05) is 0 Å². The van der Waals surface area contributed by atoms with Gasteiger partial charge in [-0.1, -0.05) is 28.9 Å². The van der Waals surface area contributed by atoms with E-state index in [4.69, 9.17) is 0 Å². The summed E-state index contributed by atoms with van der Waals surface area (Å²) in [6.45, 7) is 2.10. The van der Waals surface area contributed by atoms with Gasteiger partial charge in [0.25, 0.3) is 0 Å². The van der Waals surface area contributed by atoms with Crippen LogP contribution in [0.2, 0.25) is 0 Å². The first-order valence-corrected chi connectivity index (χ1v) is 6.66. The number of fused-ring (bicyclic) bond motifs is 1. The Morgan fingerprint density at radius 2 is 2.11 bits per heavy atom. The Bertz CT molecular complexity index is 703. The first kappa shape index (κ1) is 11.4. The molecule has 0 N–H and O–H groups in total. The molecule has 90 valence electrons. The first-order valence-electron chi connectivity index (χ1n) is 5.86. The second kappa shape index (κ2) is 4.53. The van der Waals surface area contributed by atoms with Crippen molar-refractivity contribution < 1.29 is 0 Å². The second-order valence-corrected chi connectivity index (χ2v) is 5.03. The van der Waals surface area contributed by atoms with E-state index in [0.717, 1.165) is 33.2 Å². The summed E-state index contributed by atoms with van der Waals surface area (Å²) in [5, 5.41) is 5.58. The topological polar surface area (TPSA) is 30.7 Å². The molecule has 4 heteroatoms. The van der Waals surface area contributed by atoms with Crippen LogP contribution in [-0.2, 0) is 6.42 Å². The van der Waals surface area contributed by atoms with E-state index in [-0.39, 0.29) is 0 Å². The largest absolute Gasteiger partial charge is 0.261 e. The molecule has 0 spiro atoms. The lowest BCUT2D eigenvalue weighted by Crippen LogP contribution is -1.98. The third-order valence-corrected chi connectivity index (χ3v) is 3.43. The summed E-state index contributed by atoms with van der Waals surface area (Å²) in [6, 6.07) is 10.2. The van der Waals surface area contributed by atoms with Gasteiger partial charge in [-0.05, 0) is 30.7 Å². The van der Waals surface area contributed by atoms with Crippen molar-refractivity contribution in [3.8, 4) is 5.69 Å². The Morgan fingerprint density at radius 3 is 2.94 bits per heavy atom. The maximum Gasteiger partial charge on any atom is 0.0752 e. The van der Waals surface area contributed by atoms with Gasteiger partial charge in [0.1, 0.15) is 0 Å². The van der Waals surface area contributed by atoms with Crippen LogP contribution in [0.25, 0.3) is 16.6 Å². The molecule has 18 heavy (non-hydrogen) atoms. The Balaban J connectivity index is 2.21. The van der Waals surface area contributed by atoms with Crippen LogP contribution < -0.4 is 0 Å². The molecule has 3 nitrogen and oxygen atoms in total. The Labute approximate surface area is 114 Å². The van der Waals surface area contributed by atoms with Crippen LogP contribution in [0.1, 0.15) is 12.6 Å². The van der Waals surface area contributed by atoms with Crippen LogP contribution in [0.15, 0.2) is 47.2 Å². The van der Waals surface area contributed by atoms with E-state index < -0.39 is 0 Å². The molecular weight excluding hydrogens is 290 g/mol. The number of aromatic nitrogens is 3. The van der Waals surface area contributed by atoms with Gasteiger partial charge in [-0.25, -0.2) is 4.68 Å². The molecule has 0 bridgehead atoms. The van der Waals surface area contributed by atoms with Gasteiger partial charge in [0.05, 0.1) is 17.4 Å². The minimum Gasteiger partial charge on any atom is -0.261 e. The summed E-state index contributed by atoms with van der Waals surface area (Å²) in [6.07, 6.45) is 4.64. The fraction of sp³-hybridized carbons (Fsp3) is 0.143. The third-order valence-electron chi connectivity index (χ3n) is 2.94. The molecule has 2 heterocycles. The first-order chi connectivity index (χ1) is 8.78. The number of hydrogen-bond acceptors (Lipinski definition) is 2. The van der Waals surface area contributed by atoms with Crippen molar-refractivity contribution in [1.29, 1.82) is 0 Å². The molecule has 0 atom stereocenters. The fourth-order valence-corrected chi connectivity index (χ4v) is 2.34. The Hall–Kier alpha value is -1.68. The van der Waals surface area contributed by atoms with Crippen molar-refractivity contribution in [1.82, 2.24) is 14.8 Å². The van der Waals surface area contributed by atoms with E-state index in [0.29, 0.717) is 0 Å². The Kier molecular flexibility index (Phi) is 2.88. The van der Waals surface area contributed by atoms with Gasteiger partial charge in [-0.2, -0.15) is 5.10 Å². The quantitative estimate of drug-likeness (QED) is 0.722. The summed E-state index contributed by atoms with van der Waals surface area (Å²) in [5.41, 5.74) is 3.22. The van der Waals surface area contributed by atoms with E-state index >= 15 is 0 Å². The molecule has 0 radical (unpaired) electrons. The number of hydrogen-bond donors (Lipinski definition) is 0. The lowest BCUT2D eigenvalue weighted by atomic mass is 10.2. The summed E-state index contributed by atoms with van der Waals surface area (Å²) >= 11 is 3.50. The molecule has 0 aliphatic rings. The maximum absolute atomic E-state index is 4.45. The smallest absolute Gasteiger partial charge is 0.0752 e. The molecule has 1 aromatic carbocycles. The maximum atomic E-state index is 4.45. The van der Waals surface area contributed by atoms with E-state index in [2.05, 4.69) is 51.1 Å². The van der Waals surface area contributed by atoms with Crippen molar-refractivity contribution in [2.45, 2.75) is 13.3 Å². The minimum absolute atomic E-state index is 0.927. The monoisotopic (exact) mass is 301 g/mol. The SMILES string of the molecule is CCc1cc(-n2ncc3ccc(Br)cc32)ccn1. The van der Waals surface area contributed by atoms with Crippen LogP contribution in [0, 0.1) is 0 Å². The summed E-state index contributed by atoms with van der Waals surface area (Å²) in [5.74, 6) is 0. The number of aryl methyl sites for hydroxylation is 1. The van der Waals surface area contributed by atoms with Gasteiger partial charge in [-0.15, -0.1) is 0 Å². The standard InChI is InChI=1S/C14H12BrN3/c1-2-12-8-13(5-6-16-12)18-14-7-11(15)4-3-10(14)9-17-18/h3-9H,2H2,1H3. The highest BCUT2D eigenvalue weighted by Crippen LogP contribution is 2.22. The molecule has 0 aliphatic heterocycles. The molecule has 0 amide bonds. The third kappa shape index (κ3) is 1.93. The summed E-state index contributed by atoms with van der Waals surface area (Å²) in [7, 11) is 0. The zero-order valence-corrected chi connectivity index (χ0v) is 11.6. The number of halogens is 1. The van der Waals surface area contributed by atoms with Gasteiger partial charge in [-0.3, -0.25) is 4.98 Å². The van der Waals surface area contributed by atoms with Gasteiger partial charge in [0.2, 0.25) is 0 Å². The van der Waals surface area contributed by atoms with E-state index in [1.807, 2.05) is 29.2 Å². The Morgan fingerprint density at radius 1 is 1.22 bits per heavy atom. The molecule has 0 unspecified atom stereocenters. The lowest BCUT2D eigenvalue weighted by molar-refractivity contribution is 0.897. The normalized spacial score (nSPS) is 11.0. The molecule has 0 saturated carbocycles. The molecular formula is C14H12BrN3. The van der Waals surface area contributed by atoms with Crippen LogP contribution in [-0.4, -0.2) is 14.8 Å². The average molecular weight is 302 g/mol. The zero-order chi connectivity index (χ0) is 12.5. The van der Waals surface area contributed by atoms with Crippen LogP contribution in [0.3, 0.4) is 0 Å². The summed E-state index contributed by atoms with van der Waals surface area (Å²) < 4.78 is 3.00. The highest BCUT2D eigenvalue weighted by atomic mass is 79.9. The van der Waals surface area contributed by atoms with Gasteiger partial charge in [0, 0.05) is 21.7 Å². The highest BCUT2D eigenvalue weighted by molar-refractivity contribution is 9.10. The van der Waals surface area contributed by atoms with E-state index in [1.165, 1.54) is 0 Å². The van der Waals surface area contributed by atoms with E-state index in [9.17, 15) is 0 Å². The predicted molar refractivity (Wildman–Crippen MR) is 75.9 cm³/mol. The van der Waals surface area contributed by atoms with Crippen LogP contribution in [0.4, 0.5) is 0 Å². The number of rotatable bonds is 2. The molecule has 3 aromatic rings. The molecule has 0 saturated heterocycles. The average Bonchev–Trinajstić information content (AvgIpc) is 2.81. The zero-order valence-electron chi connectivity index (χ0n) is 9.97. The molecule has 2 aromatic heterocycles. The lowest BCUT2D eigenvalue weighted by Gasteiger charge is -2.05. The number of pyridine rings is 1. The molecule has 0 fully saturated rings. The van der Waals surface area contributed by atoms with Crippen LogP contribution in [0.5, 0.6) is 0 Å². The summed E-state index contributed by atoms with van der Waals surface area (Å²) in [4.78, 5) is 4.32. The van der Waals surface area contributed by atoms with E-state index in [1.54, 1.807) is 0 Å². The van der Waals surface area contributed by atoms with Gasteiger partial charge < -0.3 is 0 Å². The number of nitrogens with zero attached hydrogens (tertiary/aromatic N) is 3. The fourth-order valence-electron chi connectivity index (χ4n) is 1.99. The van der Waals surface area contributed by atoms with Crippen molar-refractivity contribution in [2.24, 2.45) is 0 Å². The van der Waals surface area contributed by atoms with Crippen LogP contribution >= 0.6 is 15.9 Å². The predicted octanol–water partition coefficient (Wildman–Crippen LogP) is 3.75. The van der Waals surface area contributed by atoms with Crippen molar-refractivity contribution in [3.63, 3.8) is 0 Å². The minimum atomic E-state index is 0.927. The van der Waals surface area contributed by atoms with Crippen molar-refractivity contribution >= 4 is 26.8 Å². The molecule has 3 rings (SSSR count). The van der Waals surface area contributed by atoms with Gasteiger partial charge >= 0.3 is 0 Å². The van der Waals surface area contributed by atoms with Crippen molar-refractivity contribution in [3.05, 3.63) is 52.9 Å². The van der Waals surface area contributed by atoms with Gasteiger partial charge in [0.15, 0.2) is 0 Å².